The molecule has 8 heteroatoms. The fourth-order valence-electron chi connectivity index (χ4n) is 3.04. The standard InChI is InChI=1S/C12H18ClN3O3S/c1-15-8-14-12(11(15)13)20(17,18)16-6-7-19-10-5-3-2-4-9(10)16/h8-10H,2-7H2,1H3. The van der Waals surface area contributed by atoms with Crippen molar-refractivity contribution in [3.63, 3.8) is 0 Å². The zero-order valence-corrected chi connectivity index (χ0v) is 12.9. The van der Waals surface area contributed by atoms with E-state index in [9.17, 15) is 8.42 Å². The fraction of sp³-hybridized carbons (Fsp3) is 0.750. The Bertz CT molecular complexity index is 599. The van der Waals surface area contributed by atoms with E-state index in [2.05, 4.69) is 4.98 Å². The molecule has 20 heavy (non-hydrogen) atoms. The zero-order chi connectivity index (χ0) is 14.3. The topological polar surface area (TPSA) is 64.4 Å². The predicted molar refractivity (Wildman–Crippen MR) is 74.1 cm³/mol. The number of sulfonamides is 1. The number of hydrogen-bond donors (Lipinski definition) is 0. The number of halogens is 1. The summed E-state index contributed by atoms with van der Waals surface area (Å²) in [5.74, 6) is 0. The monoisotopic (exact) mass is 319 g/mol. The molecule has 0 N–H and O–H groups in total. The second kappa shape index (κ2) is 5.29. The molecule has 2 unspecified atom stereocenters. The summed E-state index contributed by atoms with van der Waals surface area (Å²) in [5.41, 5.74) is 0. The van der Waals surface area contributed by atoms with Crippen LogP contribution in [0.3, 0.4) is 0 Å². The maximum atomic E-state index is 12.8. The summed E-state index contributed by atoms with van der Waals surface area (Å²) in [7, 11) is -1.98. The molecule has 2 fully saturated rings. The Kier molecular flexibility index (Phi) is 3.79. The van der Waals surface area contributed by atoms with Gasteiger partial charge in [0.25, 0.3) is 10.0 Å². The first-order valence-corrected chi connectivity index (χ1v) is 8.64. The van der Waals surface area contributed by atoms with Crippen molar-refractivity contribution in [3.8, 4) is 0 Å². The summed E-state index contributed by atoms with van der Waals surface area (Å²) in [4.78, 5) is 3.96. The summed E-state index contributed by atoms with van der Waals surface area (Å²) >= 11 is 6.05. The molecule has 1 saturated heterocycles. The van der Waals surface area contributed by atoms with Crippen molar-refractivity contribution >= 4 is 21.6 Å². The lowest BCUT2D eigenvalue weighted by molar-refractivity contribution is -0.0586. The second-order valence-corrected chi connectivity index (χ2v) is 7.49. The molecule has 0 bridgehead atoms. The van der Waals surface area contributed by atoms with Crippen LogP contribution in [0.15, 0.2) is 11.4 Å². The van der Waals surface area contributed by atoms with Crippen LogP contribution in [-0.2, 0) is 21.8 Å². The number of hydrogen-bond acceptors (Lipinski definition) is 4. The first kappa shape index (κ1) is 14.3. The van der Waals surface area contributed by atoms with Crippen molar-refractivity contribution in [2.75, 3.05) is 13.2 Å². The average Bonchev–Trinajstić information content (AvgIpc) is 2.79. The van der Waals surface area contributed by atoms with E-state index in [1.165, 1.54) is 15.2 Å². The van der Waals surface area contributed by atoms with Crippen LogP contribution in [0.4, 0.5) is 0 Å². The van der Waals surface area contributed by atoms with Crippen molar-refractivity contribution in [2.24, 2.45) is 7.05 Å². The fourth-order valence-corrected chi connectivity index (χ4v) is 5.09. The first-order chi connectivity index (χ1) is 9.51. The minimum Gasteiger partial charge on any atom is -0.375 e. The summed E-state index contributed by atoms with van der Waals surface area (Å²) < 4.78 is 34.3. The predicted octanol–water partition coefficient (Wildman–Crippen LogP) is 1.41. The number of fused-ring (bicyclic) bond motifs is 1. The highest BCUT2D eigenvalue weighted by Gasteiger charge is 2.42. The van der Waals surface area contributed by atoms with E-state index in [1.54, 1.807) is 7.05 Å². The number of morpholine rings is 1. The molecule has 0 spiro atoms. The summed E-state index contributed by atoms with van der Waals surface area (Å²) in [6.07, 6.45) is 5.33. The van der Waals surface area contributed by atoms with Gasteiger partial charge in [-0.05, 0) is 12.8 Å². The lowest BCUT2D eigenvalue weighted by Gasteiger charge is -2.42. The highest BCUT2D eigenvalue weighted by molar-refractivity contribution is 7.89. The van der Waals surface area contributed by atoms with E-state index in [4.69, 9.17) is 16.3 Å². The van der Waals surface area contributed by atoms with Crippen LogP contribution in [-0.4, -0.2) is 47.6 Å². The number of aryl methyl sites for hydroxylation is 1. The number of aromatic nitrogens is 2. The number of imidazole rings is 1. The molecule has 0 aromatic carbocycles. The second-order valence-electron chi connectivity index (χ2n) is 5.33. The molecule has 3 rings (SSSR count). The normalized spacial score (nSPS) is 28.3. The molecule has 1 aliphatic heterocycles. The quantitative estimate of drug-likeness (QED) is 0.826. The van der Waals surface area contributed by atoms with Crippen LogP contribution in [0, 0.1) is 0 Å². The van der Waals surface area contributed by atoms with Crippen molar-refractivity contribution in [2.45, 2.75) is 42.9 Å². The molecule has 1 aliphatic carbocycles. The van der Waals surface area contributed by atoms with Gasteiger partial charge < -0.3 is 9.30 Å². The maximum Gasteiger partial charge on any atom is 0.264 e. The summed E-state index contributed by atoms with van der Waals surface area (Å²) in [6.45, 7) is 0.807. The molecule has 2 atom stereocenters. The van der Waals surface area contributed by atoms with Crippen LogP contribution in [0.5, 0.6) is 0 Å². The molecule has 0 amide bonds. The molecule has 6 nitrogen and oxygen atoms in total. The van der Waals surface area contributed by atoms with Gasteiger partial charge in [0.15, 0.2) is 0 Å². The number of rotatable bonds is 2. The average molecular weight is 320 g/mol. The molecular formula is C12H18ClN3O3S. The van der Waals surface area contributed by atoms with Gasteiger partial charge in [-0.1, -0.05) is 24.4 Å². The van der Waals surface area contributed by atoms with Gasteiger partial charge in [-0.2, -0.15) is 4.31 Å². The molecule has 1 aromatic heterocycles. The molecule has 2 heterocycles. The van der Waals surface area contributed by atoms with Gasteiger partial charge in [-0.3, -0.25) is 0 Å². The van der Waals surface area contributed by atoms with Gasteiger partial charge in [0.2, 0.25) is 5.03 Å². The van der Waals surface area contributed by atoms with Crippen molar-refractivity contribution < 1.29 is 13.2 Å². The third kappa shape index (κ3) is 2.26. The Morgan fingerprint density at radius 1 is 1.40 bits per heavy atom. The largest absolute Gasteiger partial charge is 0.375 e. The van der Waals surface area contributed by atoms with Gasteiger partial charge >= 0.3 is 0 Å². The van der Waals surface area contributed by atoms with E-state index in [0.717, 1.165) is 25.7 Å². The molecule has 1 aromatic rings. The van der Waals surface area contributed by atoms with Crippen molar-refractivity contribution in [1.82, 2.24) is 13.9 Å². The van der Waals surface area contributed by atoms with Gasteiger partial charge in [-0.25, -0.2) is 13.4 Å². The zero-order valence-electron chi connectivity index (χ0n) is 11.3. The van der Waals surface area contributed by atoms with Crippen LogP contribution in [0.2, 0.25) is 5.15 Å². The van der Waals surface area contributed by atoms with Crippen LogP contribution < -0.4 is 0 Å². The first-order valence-electron chi connectivity index (χ1n) is 6.82. The van der Waals surface area contributed by atoms with E-state index < -0.39 is 10.0 Å². The van der Waals surface area contributed by atoms with E-state index >= 15 is 0 Å². The Morgan fingerprint density at radius 3 is 2.85 bits per heavy atom. The van der Waals surface area contributed by atoms with E-state index in [0.29, 0.717) is 13.2 Å². The maximum absolute atomic E-state index is 12.8. The third-order valence-electron chi connectivity index (χ3n) is 4.07. The van der Waals surface area contributed by atoms with E-state index in [-0.39, 0.29) is 22.3 Å². The Morgan fingerprint density at radius 2 is 2.15 bits per heavy atom. The highest BCUT2D eigenvalue weighted by atomic mass is 35.5. The van der Waals surface area contributed by atoms with Crippen molar-refractivity contribution in [3.05, 3.63) is 11.5 Å². The summed E-state index contributed by atoms with van der Waals surface area (Å²) in [5, 5.41) is 0.108. The third-order valence-corrected chi connectivity index (χ3v) is 6.48. The van der Waals surface area contributed by atoms with Crippen LogP contribution in [0.1, 0.15) is 25.7 Å². The number of ether oxygens (including phenoxy) is 1. The lowest BCUT2D eigenvalue weighted by Crippen LogP contribution is -2.54. The SMILES string of the molecule is Cn1cnc(S(=O)(=O)N2CCOC3CCCCC32)c1Cl. The Labute approximate surface area is 123 Å². The minimum atomic E-state index is -3.65. The van der Waals surface area contributed by atoms with Gasteiger partial charge in [0, 0.05) is 13.6 Å². The molecule has 112 valence electrons. The minimum absolute atomic E-state index is 0.00904. The van der Waals surface area contributed by atoms with Crippen molar-refractivity contribution in [1.29, 1.82) is 0 Å². The summed E-state index contributed by atoms with van der Waals surface area (Å²) in [6, 6.07) is -0.0828. The highest BCUT2D eigenvalue weighted by Crippen LogP contribution is 2.33. The molecular weight excluding hydrogens is 302 g/mol. The van der Waals surface area contributed by atoms with Crippen LogP contribution in [0.25, 0.3) is 0 Å². The smallest absolute Gasteiger partial charge is 0.264 e. The number of nitrogens with zero attached hydrogens (tertiary/aromatic N) is 3. The van der Waals surface area contributed by atoms with E-state index in [1.807, 2.05) is 0 Å². The van der Waals surface area contributed by atoms with Gasteiger partial charge in [-0.15, -0.1) is 0 Å². The Hall–Kier alpha value is -0.630. The molecule has 1 saturated carbocycles. The lowest BCUT2D eigenvalue weighted by atomic mass is 9.91. The van der Waals surface area contributed by atoms with Crippen LogP contribution >= 0.6 is 11.6 Å². The Balaban J connectivity index is 1.95. The molecule has 0 radical (unpaired) electrons. The molecule has 2 aliphatic rings. The van der Waals surface area contributed by atoms with Gasteiger partial charge in [0.1, 0.15) is 5.15 Å². The van der Waals surface area contributed by atoms with Gasteiger partial charge in [0.05, 0.1) is 25.1 Å².